The molecule has 0 bridgehead atoms. The van der Waals surface area contributed by atoms with Gasteiger partial charge in [-0.3, -0.25) is 4.79 Å². The number of carbonyl (C=O) groups excluding carboxylic acids is 1. The molecule has 2 aromatic rings. The normalized spacial score (nSPS) is 15.5. The van der Waals surface area contributed by atoms with Crippen molar-refractivity contribution in [1.82, 2.24) is 5.32 Å². The molecular weight excluding hydrogens is 334 g/mol. The first kappa shape index (κ1) is 16.6. The predicted molar refractivity (Wildman–Crippen MR) is 95.3 cm³/mol. The molecule has 0 radical (unpaired) electrons. The van der Waals surface area contributed by atoms with Crippen molar-refractivity contribution >= 4 is 5.91 Å². The highest BCUT2D eigenvalue weighted by atomic mass is 16.5. The summed E-state index contributed by atoms with van der Waals surface area (Å²) in [7, 11) is 0. The van der Waals surface area contributed by atoms with E-state index in [0.29, 0.717) is 50.0 Å². The van der Waals surface area contributed by atoms with Crippen LogP contribution in [0.25, 0.3) is 0 Å². The molecule has 0 saturated heterocycles. The Morgan fingerprint density at radius 2 is 1.35 bits per heavy atom. The number of fused-ring (bicyclic) bond motifs is 2. The van der Waals surface area contributed by atoms with Gasteiger partial charge in [0, 0.05) is 24.9 Å². The molecule has 4 rings (SSSR count). The van der Waals surface area contributed by atoms with Crippen LogP contribution in [0.1, 0.15) is 28.8 Å². The van der Waals surface area contributed by atoms with Crippen LogP contribution in [0.3, 0.4) is 0 Å². The average Bonchev–Trinajstić information content (AvgIpc) is 3.05. The summed E-state index contributed by atoms with van der Waals surface area (Å²) in [6.45, 7) is 2.93. The quantitative estimate of drug-likeness (QED) is 0.917. The van der Waals surface area contributed by atoms with Crippen LogP contribution in [0.2, 0.25) is 0 Å². The third-order valence-electron chi connectivity index (χ3n) is 4.27. The molecule has 26 heavy (non-hydrogen) atoms. The van der Waals surface area contributed by atoms with Crippen LogP contribution < -0.4 is 24.3 Å². The van der Waals surface area contributed by atoms with Gasteiger partial charge in [-0.05, 0) is 35.9 Å². The van der Waals surface area contributed by atoms with E-state index in [1.165, 1.54) is 0 Å². The maximum Gasteiger partial charge on any atom is 0.251 e. The molecule has 0 saturated carbocycles. The van der Waals surface area contributed by atoms with Crippen molar-refractivity contribution in [2.24, 2.45) is 0 Å². The molecule has 1 N–H and O–H groups in total. The number of hydrogen-bond donors (Lipinski definition) is 1. The zero-order valence-corrected chi connectivity index (χ0v) is 14.5. The number of amides is 1. The van der Waals surface area contributed by atoms with Crippen LogP contribution in [0.5, 0.6) is 23.0 Å². The number of nitrogens with one attached hydrogen (secondary N) is 1. The Balaban J connectivity index is 1.42. The zero-order chi connectivity index (χ0) is 17.8. The molecule has 0 atom stereocenters. The van der Waals surface area contributed by atoms with Gasteiger partial charge in [-0.1, -0.05) is 6.07 Å². The zero-order valence-electron chi connectivity index (χ0n) is 14.5. The van der Waals surface area contributed by atoms with Crippen LogP contribution in [0.4, 0.5) is 0 Å². The van der Waals surface area contributed by atoms with Gasteiger partial charge < -0.3 is 24.3 Å². The number of benzene rings is 2. The largest absolute Gasteiger partial charge is 0.490 e. The lowest BCUT2D eigenvalue weighted by atomic mass is 10.1. The van der Waals surface area contributed by atoms with Crippen LogP contribution in [-0.2, 0) is 6.54 Å². The summed E-state index contributed by atoms with van der Waals surface area (Å²) >= 11 is 0. The Labute approximate surface area is 152 Å². The first-order valence-electron chi connectivity index (χ1n) is 8.86. The molecule has 1 amide bonds. The predicted octanol–water partition coefficient (Wildman–Crippen LogP) is 2.94. The molecular formula is C20H21NO5. The lowest BCUT2D eigenvalue weighted by molar-refractivity contribution is 0.0950. The Bertz CT molecular complexity index is 805. The van der Waals surface area contributed by atoms with Gasteiger partial charge in [0.1, 0.15) is 0 Å². The van der Waals surface area contributed by atoms with Gasteiger partial charge in [-0.2, -0.15) is 0 Å². The van der Waals surface area contributed by atoms with Crippen LogP contribution in [-0.4, -0.2) is 32.3 Å². The maximum atomic E-state index is 12.5. The van der Waals surface area contributed by atoms with Gasteiger partial charge in [0.25, 0.3) is 5.91 Å². The Hall–Kier alpha value is -2.89. The van der Waals surface area contributed by atoms with Crippen molar-refractivity contribution < 1.29 is 23.7 Å². The van der Waals surface area contributed by atoms with E-state index in [1.54, 1.807) is 18.2 Å². The van der Waals surface area contributed by atoms with Crippen LogP contribution in [0, 0.1) is 0 Å². The summed E-state index contributed by atoms with van der Waals surface area (Å²) in [5.41, 5.74) is 1.50. The fourth-order valence-corrected chi connectivity index (χ4v) is 2.91. The Morgan fingerprint density at radius 1 is 0.769 bits per heavy atom. The second-order valence-corrected chi connectivity index (χ2v) is 6.23. The average molecular weight is 355 g/mol. The molecule has 0 aromatic heterocycles. The van der Waals surface area contributed by atoms with E-state index < -0.39 is 0 Å². The van der Waals surface area contributed by atoms with Gasteiger partial charge >= 0.3 is 0 Å². The second kappa shape index (κ2) is 7.56. The van der Waals surface area contributed by atoms with Crippen molar-refractivity contribution in [3.05, 3.63) is 47.5 Å². The molecule has 2 aliphatic rings. The van der Waals surface area contributed by atoms with Crippen molar-refractivity contribution in [2.45, 2.75) is 19.4 Å². The van der Waals surface area contributed by atoms with Crippen LogP contribution in [0.15, 0.2) is 36.4 Å². The van der Waals surface area contributed by atoms with Crippen molar-refractivity contribution in [3.8, 4) is 23.0 Å². The molecule has 2 heterocycles. The van der Waals surface area contributed by atoms with Gasteiger partial charge in [0.2, 0.25) is 0 Å². The smallest absolute Gasteiger partial charge is 0.251 e. The van der Waals surface area contributed by atoms with E-state index in [1.807, 2.05) is 18.2 Å². The van der Waals surface area contributed by atoms with Crippen molar-refractivity contribution in [2.75, 3.05) is 26.4 Å². The molecule has 0 aliphatic carbocycles. The number of carbonyl (C=O) groups is 1. The minimum absolute atomic E-state index is 0.159. The first-order chi connectivity index (χ1) is 12.8. The van der Waals surface area contributed by atoms with Gasteiger partial charge in [-0.15, -0.1) is 0 Å². The Morgan fingerprint density at radius 3 is 2.04 bits per heavy atom. The summed E-state index contributed by atoms with van der Waals surface area (Å²) < 4.78 is 22.5. The lowest BCUT2D eigenvalue weighted by Gasteiger charge is -2.11. The molecule has 0 unspecified atom stereocenters. The summed E-state index contributed by atoms with van der Waals surface area (Å²) in [5.74, 6) is 2.62. The summed E-state index contributed by atoms with van der Waals surface area (Å²) in [6, 6.07) is 11.0. The fourth-order valence-electron chi connectivity index (χ4n) is 2.91. The minimum Gasteiger partial charge on any atom is -0.490 e. The highest BCUT2D eigenvalue weighted by Crippen LogP contribution is 2.31. The molecule has 2 aliphatic heterocycles. The topological polar surface area (TPSA) is 66.0 Å². The lowest BCUT2D eigenvalue weighted by Crippen LogP contribution is -2.22. The summed E-state index contributed by atoms with van der Waals surface area (Å²) in [5, 5.41) is 2.93. The maximum absolute atomic E-state index is 12.5. The van der Waals surface area contributed by atoms with Crippen LogP contribution >= 0.6 is 0 Å². The molecule has 6 heteroatoms. The molecule has 2 aromatic carbocycles. The molecule has 136 valence electrons. The molecule has 6 nitrogen and oxygen atoms in total. The fraction of sp³-hybridized carbons (Fsp3) is 0.350. The monoisotopic (exact) mass is 355 g/mol. The Kier molecular flexibility index (Phi) is 4.82. The summed E-state index contributed by atoms with van der Waals surface area (Å²) in [4.78, 5) is 12.5. The second-order valence-electron chi connectivity index (χ2n) is 6.23. The van der Waals surface area contributed by atoms with E-state index in [0.717, 1.165) is 29.9 Å². The van der Waals surface area contributed by atoms with Crippen molar-refractivity contribution in [1.29, 1.82) is 0 Å². The number of rotatable bonds is 3. The minimum atomic E-state index is -0.159. The van der Waals surface area contributed by atoms with E-state index in [9.17, 15) is 4.79 Å². The van der Waals surface area contributed by atoms with Gasteiger partial charge in [0.15, 0.2) is 23.0 Å². The third-order valence-corrected chi connectivity index (χ3v) is 4.27. The third kappa shape index (κ3) is 3.69. The SMILES string of the molecule is O=C(NCc1ccc2c(c1)OCCCO2)c1ccc2c(c1)OCCCO2. The van der Waals surface area contributed by atoms with E-state index in [2.05, 4.69) is 5.32 Å². The first-order valence-corrected chi connectivity index (χ1v) is 8.86. The number of hydrogen-bond acceptors (Lipinski definition) is 5. The number of ether oxygens (including phenoxy) is 4. The van der Waals surface area contributed by atoms with E-state index in [4.69, 9.17) is 18.9 Å². The van der Waals surface area contributed by atoms with Crippen molar-refractivity contribution in [3.63, 3.8) is 0 Å². The highest BCUT2D eigenvalue weighted by molar-refractivity contribution is 5.94. The summed E-state index contributed by atoms with van der Waals surface area (Å²) in [6.07, 6.45) is 1.70. The highest BCUT2D eigenvalue weighted by Gasteiger charge is 2.15. The molecule has 0 fully saturated rings. The van der Waals surface area contributed by atoms with Gasteiger partial charge in [-0.25, -0.2) is 0 Å². The standard InChI is InChI=1S/C20H21NO5/c22-20(15-4-6-17-19(12-15)26-10-2-8-24-17)21-13-14-3-5-16-18(11-14)25-9-1-7-23-16/h3-6,11-12H,1-2,7-10,13H2,(H,21,22). The van der Waals surface area contributed by atoms with Gasteiger partial charge in [0.05, 0.1) is 26.4 Å². The van der Waals surface area contributed by atoms with E-state index in [-0.39, 0.29) is 5.91 Å². The van der Waals surface area contributed by atoms with E-state index >= 15 is 0 Å². The molecule has 0 spiro atoms.